The van der Waals surface area contributed by atoms with E-state index in [1.807, 2.05) is 4.90 Å². The Kier molecular flexibility index (Phi) is 6.07. The summed E-state index contributed by atoms with van der Waals surface area (Å²) in [6.45, 7) is 3.26. The average molecular weight is 270 g/mol. The molecule has 2 fully saturated rings. The number of likely N-dealkylation sites (tertiary alicyclic amines) is 1. The van der Waals surface area contributed by atoms with Gasteiger partial charge < -0.3 is 20.1 Å². The molecule has 2 rings (SSSR count). The van der Waals surface area contributed by atoms with Crippen LogP contribution in [0.3, 0.4) is 0 Å². The van der Waals surface area contributed by atoms with Crippen LogP contribution in [0.15, 0.2) is 0 Å². The lowest BCUT2D eigenvalue weighted by molar-refractivity contribution is -0.139. The van der Waals surface area contributed by atoms with Crippen molar-refractivity contribution >= 4 is 5.91 Å². The van der Waals surface area contributed by atoms with Gasteiger partial charge in [0.05, 0.1) is 6.10 Å². The van der Waals surface area contributed by atoms with Gasteiger partial charge in [-0.15, -0.1) is 0 Å². The SMILES string of the molecule is O=C(COC1CCNCC1)N1CCCC1CCCO. The molecule has 5 nitrogen and oxygen atoms in total. The Bertz CT molecular complexity index is 280. The Morgan fingerprint density at radius 2 is 2.11 bits per heavy atom. The van der Waals surface area contributed by atoms with Crippen molar-refractivity contribution in [3.63, 3.8) is 0 Å². The Morgan fingerprint density at radius 3 is 2.84 bits per heavy atom. The van der Waals surface area contributed by atoms with Crippen molar-refractivity contribution < 1.29 is 14.6 Å². The van der Waals surface area contributed by atoms with E-state index in [-0.39, 0.29) is 25.2 Å². The van der Waals surface area contributed by atoms with Gasteiger partial charge in [0.1, 0.15) is 6.61 Å². The third kappa shape index (κ3) is 4.44. The number of nitrogens with one attached hydrogen (secondary N) is 1. The predicted molar refractivity (Wildman–Crippen MR) is 72.9 cm³/mol. The molecule has 5 heteroatoms. The average Bonchev–Trinajstić information content (AvgIpc) is 2.92. The molecule has 0 aromatic carbocycles. The fraction of sp³-hybridized carbons (Fsp3) is 0.929. The number of piperidine rings is 1. The molecule has 0 bridgehead atoms. The minimum absolute atomic E-state index is 0.124. The van der Waals surface area contributed by atoms with Gasteiger partial charge in [-0.25, -0.2) is 0 Å². The molecule has 2 aliphatic heterocycles. The first kappa shape index (κ1) is 14.8. The minimum Gasteiger partial charge on any atom is -0.396 e. The Morgan fingerprint density at radius 1 is 1.32 bits per heavy atom. The molecule has 2 N–H and O–H groups in total. The number of aliphatic hydroxyl groups is 1. The van der Waals surface area contributed by atoms with Gasteiger partial charge in [0.2, 0.25) is 5.91 Å². The van der Waals surface area contributed by atoms with E-state index < -0.39 is 0 Å². The molecule has 2 saturated heterocycles. The molecule has 0 saturated carbocycles. The first-order valence-electron chi connectivity index (χ1n) is 7.54. The van der Waals surface area contributed by atoms with Crippen LogP contribution >= 0.6 is 0 Å². The summed E-state index contributed by atoms with van der Waals surface area (Å²) >= 11 is 0. The first-order valence-corrected chi connectivity index (χ1v) is 7.54. The predicted octanol–water partition coefficient (Wildman–Crippen LogP) is 0.519. The van der Waals surface area contributed by atoms with Crippen molar-refractivity contribution in [2.24, 2.45) is 0 Å². The van der Waals surface area contributed by atoms with Crippen LogP contribution in [0.2, 0.25) is 0 Å². The number of ether oxygens (including phenoxy) is 1. The van der Waals surface area contributed by atoms with Crippen molar-refractivity contribution in [1.29, 1.82) is 0 Å². The van der Waals surface area contributed by atoms with E-state index in [9.17, 15) is 4.79 Å². The van der Waals surface area contributed by atoms with Crippen LogP contribution in [-0.2, 0) is 9.53 Å². The van der Waals surface area contributed by atoms with Gasteiger partial charge in [0, 0.05) is 19.2 Å². The van der Waals surface area contributed by atoms with Gasteiger partial charge in [-0.1, -0.05) is 0 Å². The molecule has 1 atom stereocenters. The van der Waals surface area contributed by atoms with E-state index >= 15 is 0 Å². The number of carbonyl (C=O) groups excluding carboxylic acids is 1. The molecule has 0 aromatic rings. The van der Waals surface area contributed by atoms with Gasteiger partial charge in [-0.3, -0.25) is 4.79 Å². The van der Waals surface area contributed by atoms with Gasteiger partial charge in [0.25, 0.3) is 0 Å². The second-order valence-electron chi connectivity index (χ2n) is 5.51. The summed E-state index contributed by atoms with van der Waals surface area (Å²) in [5, 5.41) is 12.2. The topological polar surface area (TPSA) is 61.8 Å². The maximum atomic E-state index is 12.2. The quantitative estimate of drug-likeness (QED) is 0.738. The van der Waals surface area contributed by atoms with Crippen molar-refractivity contribution in [3.05, 3.63) is 0 Å². The third-order valence-electron chi connectivity index (χ3n) is 4.12. The summed E-state index contributed by atoms with van der Waals surface area (Å²) in [5.41, 5.74) is 0. The summed E-state index contributed by atoms with van der Waals surface area (Å²) in [5.74, 6) is 0.124. The van der Waals surface area contributed by atoms with Crippen LogP contribution in [0.4, 0.5) is 0 Å². The molecule has 19 heavy (non-hydrogen) atoms. The molecule has 2 heterocycles. The number of carbonyl (C=O) groups is 1. The van der Waals surface area contributed by atoms with E-state index in [0.29, 0.717) is 6.04 Å². The summed E-state index contributed by atoms with van der Waals surface area (Å²) < 4.78 is 5.73. The number of hydrogen-bond acceptors (Lipinski definition) is 4. The molecule has 0 aliphatic carbocycles. The van der Waals surface area contributed by atoms with Gasteiger partial charge in [0.15, 0.2) is 0 Å². The smallest absolute Gasteiger partial charge is 0.248 e. The number of amides is 1. The fourth-order valence-electron chi connectivity index (χ4n) is 3.03. The van der Waals surface area contributed by atoms with Crippen LogP contribution in [0.1, 0.15) is 38.5 Å². The maximum absolute atomic E-state index is 12.2. The van der Waals surface area contributed by atoms with Crippen LogP contribution in [-0.4, -0.2) is 60.9 Å². The molecule has 110 valence electrons. The van der Waals surface area contributed by atoms with Crippen LogP contribution in [0.5, 0.6) is 0 Å². The van der Waals surface area contributed by atoms with Crippen molar-refractivity contribution in [3.8, 4) is 0 Å². The van der Waals surface area contributed by atoms with Crippen LogP contribution in [0.25, 0.3) is 0 Å². The summed E-state index contributed by atoms with van der Waals surface area (Å²) in [7, 11) is 0. The Hall–Kier alpha value is -0.650. The van der Waals surface area contributed by atoms with Crippen molar-refractivity contribution in [2.45, 2.75) is 50.7 Å². The van der Waals surface area contributed by atoms with Crippen LogP contribution in [0, 0.1) is 0 Å². The molecular formula is C14H26N2O3. The summed E-state index contributed by atoms with van der Waals surface area (Å²) in [6, 6.07) is 0.316. The van der Waals surface area contributed by atoms with Gasteiger partial charge >= 0.3 is 0 Å². The minimum atomic E-state index is 0.124. The first-order chi connectivity index (χ1) is 9.31. The zero-order chi connectivity index (χ0) is 13.5. The lowest BCUT2D eigenvalue weighted by atomic mass is 10.1. The third-order valence-corrected chi connectivity index (χ3v) is 4.12. The zero-order valence-electron chi connectivity index (χ0n) is 11.6. The Labute approximate surface area is 115 Å². The molecule has 0 radical (unpaired) electrons. The van der Waals surface area contributed by atoms with Crippen LogP contribution < -0.4 is 5.32 Å². The highest BCUT2D eigenvalue weighted by Crippen LogP contribution is 2.21. The highest BCUT2D eigenvalue weighted by atomic mass is 16.5. The number of nitrogens with zero attached hydrogens (tertiary/aromatic N) is 1. The molecule has 0 spiro atoms. The Balaban J connectivity index is 1.71. The molecule has 2 aliphatic rings. The second-order valence-corrected chi connectivity index (χ2v) is 5.51. The van der Waals surface area contributed by atoms with E-state index in [1.165, 1.54) is 0 Å². The molecule has 1 unspecified atom stereocenters. The largest absolute Gasteiger partial charge is 0.396 e. The number of hydrogen-bond donors (Lipinski definition) is 2. The van der Waals surface area contributed by atoms with E-state index in [0.717, 1.165) is 58.2 Å². The van der Waals surface area contributed by atoms with Gasteiger partial charge in [-0.05, 0) is 51.6 Å². The summed E-state index contributed by atoms with van der Waals surface area (Å²) in [4.78, 5) is 14.1. The van der Waals surface area contributed by atoms with E-state index in [2.05, 4.69) is 5.32 Å². The highest BCUT2D eigenvalue weighted by molar-refractivity contribution is 5.78. The maximum Gasteiger partial charge on any atom is 0.248 e. The monoisotopic (exact) mass is 270 g/mol. The van der Waals surface area contributed by atoms with Gasteiger partial charge in [-0.2, -0.15) is 0 Å². The second kappa shape index (κ2) is 7.82. The lowest BCUT2D eigenvalue weighted by Gasteiger charge is -2.27. The normalized spacial score (nSPS) is 24.9. The molecule has 1 amide bonds. The fourth-order valence-corrected chi connectivity index (χ4v) is 3.03. The summed E-state index contributed by atoms with van der Waals surface area (Å²) in [6.07, 6.45) is 6.08. The number of aliphatic hydroxyl groups excluding tert-OH is 1. The molecule has 0 aromatic heterocycles. The number of rotatable bonds is 6. The lowest BCUT2D eigenvalue weighted by Crippen LogP contribution is -2.40. The zero-order valence-corrected chi connectivity index (χ0v) is 11.6. The van der Waals surface area contributed by atoms with E-state index in [1.54, 1.807) is 0 Å². The standard InChI is InChI=1S/C14H26N2O3/c17-10-2-4-12-3-1-9-16(12)14(18)11-19-13-5-7-15-8-6-13/h12-13,15,17H,1-11H2. The highest BCUT2D eigenvalue weighted by Gasteiger charge is 2.28. The van der Waals surface area contributed by atoms with E-state index in [4.69, 9.17) is 9.84 Å². The van der Waals surface area contributed by atoms with Crippen molar-refractivity contribution in [1.82, 2.24) is 10.2 Å². The van der Waals surface area contributed by atoms with Crippen molar-refractivity contribution in [2.75, 3.05) is 32.8 Å². The molecular weight excluding hydrogens is 244 g/mol.